The van der Waals surface area contributed by atoms with Crippen molar-refractivity contribution in [3.05, 3.63) is 89.7 Å². The summed E-state index contributed by atoms with van der Waals surface area (Å²) in [5.41, 5.74) is 4.86. The molecule has 0 unspecified atom stereocenters. The van der Waals surface area contributed by atoms with Crippen LogP contribution >= 0.6 is 0 Å². The number of carbonyl (C=O) groups is 3. The highest BCUT2D eigenvalue weighted by Crippen LogP contribution is 2.20. The van der Waals surface area contributed by atoms with Gasteiger partial charge in [0.05, 0.1) is 22.2 Å². The van der Waals surface area contributed by atoms with Crippen molar-refractivity contribution < 1.29 is 14.4 Å². The molecule has 0 bridgehead atoms. The summed E-state index contributed by atoms with van der Waals surface area (Å²) in [6.45, 7) is 0.334. The summed E-state index contributed by atoms with van der Waals surface area (Å²) < 4.78 is 2.01. The van der Waals surface area contributed by atoms with E-state index in [1.54, 1.807) is 12.4 Å². The van der Waals surface area contributed by atoms with Gasteiger partial charge in [0.1, 0.15) is 6.33 Å². The summed E-state index contributed by atoms with van der Waals surface area (Å²) in [6.07, 6.45) is 1.79. The Morgan fingerprint density at radius 3 is 2.55 bits per heavy atom. The van der Waals surface area contributed by atoms with Gasteiger partial charge in [0.15, 0.2) is 0 Å². The molecule has 0 spiro atoms. The molecular formula is C23H17N5O3. The van der Waals surface area contributed by atoms with E-state index in [0.717, 1.165) is 22.3 Å². The molecule has 2 heterocycles. The number of hydrogen-bond donors (Lipinski definition) is 3. The molecule has 31 heavy (non-hydrogen) atoms. The smallest absolute Gasteiger partial charge is 0.319 e. The Bertz CT molecular complexity index is 1340. The number of carbonyl (C=O) groups excluding carboxylic acids is 3. The van der Waals surface area contributed by atoms with E-state index in [4.69, 9.17) is 0 Å². The Balaban J connectivity index is 1.22. The van der Waals surface area contributed by atoms with E-state index < -0.39 is 17.8 Å². The van der Waals surface area contributed by atoms with Crippen LogP contribution in [-0.4, -0.2) is 27.4 Å². The summed E-state index contributed by atoms with van der Waals surface area (Å²) in [6, 6.07) is 19.9. The van der Waals surface area contributed by atoms with E-state index in [9.17, 15) is 14.4 Å². The summed E-state index contributed by atoms with van der Waals surface area (Å²) in [4.78, 5) is 40.0. The molecular weight excluding hydrogens is 394 g/mol. The van der Waals surface area contributed by atoms with Crippen molar-refractivity contribution in [3.8, 4) is 5.69 Å². The van der Waals surface area contributed by atoms with E-state index >= 15 is 0 Å². The van der Waals surface area contributed by atoms with Gasteiger partial charge in [-0.2, -0.15) is 0 Å². The zero-order chi connectivity index (χ0) is 21.4. The van der Waals surface area contributed by atoms with E-state index in [1.807, 2.05) is 53.1 Å². The number of nitrogens with zero attached hydrogens (tertiary/aromatic N) is 2. The second-order valence-corrected chi connectivity index (χ2v) is 7.12. The van der Waals surface area contributed by atoms with Crippen LogP contribution in [0.25, 0.3) is 16.7 Å². The van der Waals surface area contributed by atoms with Crippen molar-refractivity contribution >= 4 is 34.6 Å². The predicted octanol–water partition coefficient (Wildman–Crippen LogP) is 3.23. The monoisotopic (exact) mass is 411 g/mol. The largest absolute Gasteiger partial charge is 0.334 e. The van der Waals surface area contributed by atoms with E-state index in [2.05, 4.69) is 20.9 Å². The number of rotatable bonds is 4. The maximum atomic E-state index is 12.2. The fourth-order valence-corrected chi connectivity index (χ4v) is 3.54. The first-order valence-electron chi connectivity index (χ1n) is 9.64. The van der Waals surface area contributed by atoms with Crippen molar-refractivity contribution in [2.24, 2.45) is 0 Å². The van der Waals surface area contributed by atoms with Crippen molar-refractivity contribution in [2.75, 3.05) is 5.32 Å². The number of fused-ring (bicyclic) bond motifs is 2. The summed E-state index contributed by atoms with van der Waals surface area (Å²) in [5.74, 6) is -0.891. The van der Waals surface area contributed by atoms with Crippen LogP contribution in [0, 0.1) is 0 Å². The first kappa shape index (κ1) is 18.6. The number of aromatic nitrogens is 2. The molecule has 0 saturated carbocycles. The number of imide groups is 1. The van der Waals surface area contributed by atoms with Crippen molar-refractivity contribution in [3.63, 3.8) is 0 Å². The molecule has 0 radical (unpaired) electrons. The maximum absolute atomic E-state index is 12.2. The molecule has 0 atom stereocenters. The summed E-state index contributed by atoms with van der Waals surface area (Å²) >= 11 is 0. The van der Waals surface area contributed by atoms with Gasteiger partial charge in [0.2, 0.25) is 0 Å². The van der Waals surface area contributed by atoms with E-state index in [-0.39, 0.29) is 5.56 Å². The Hall–Kier alpha value is -4.46. The minimum Gasteiger partial charge on any atom is -0.334 e. The zero-order valence-electron chi connectivity index (χ0n) is 16.3. The van der Waals surface area contributed by atoms with Gasteiger partial charge < -0.3 is 10.6 Å². The highest BCUT2D eigenvalue weighted by Gasteiger charge is 2.26. The van der Waals surface area contributed by atoms with Gasteiger partial charge >= 0.3 is 6.03 Å². The quantitative estimate of drug-likeness (QED) is 0.448. The van der Waals surface area contributed by atoms with Crippen LogP contribution in [0.1, 0.15) is 26.3 Å². The number of imidazole rings is 1. The van der Waals surface area contributed by atoms with Crippen LogP contribution < -0.4 is 16.0 Å². The maximum Gasteiger partial charge on any atom is 0.319 e. The lowest BCUT2D eigenvalue weighted by Crippen LogP contribution is -2.28. The first-order chi connectivity index (χ1) is 15.1. The minimum absolute atomic E-state index is 0.255. The van der Waals surface area contributed by atoms with Crippen LogP contribution in [0.3, 0.4) is 0 Å². The van der Waals surface area contributed by atoms with Gasteiger partial charge in [-0.25, -0.2) is 9.78 Å². The Labute approximate surface area is 176 Å². The number of benzene rings is 3. The van der Waals surface area contributed by atoms with Gasteiger partial charge in [-0.15, -0.1) is 0 Å². The average Bonchev–Trinajstić information content (AvgIpc) is 3.33. The number of amides is 4. The molecule has 1 aliphatic rings. The molecule has 5 rings (SSSR count). The van der Waals surface area contributed by atoms with Crippen molar-refractivity contribution in [2.45, 2.75) is 6.54 Å². The topological polar surface area (TPSA) is 105 Å². The van der Waals surface area contributed by atoms with Gasteiger partial charge in [-0.05, 0) is 48.0 Å². The Morgan fingerprint density at radius 2 is 1.71 bits per heavy atom. The number of urea groups is 1. The molecule has 1 aliphatic heterocycles. The normalized spacial score (nSPS) is 12.5. The molecule has 3 N–H and O–H groups in total. The van der Waals surface area contributed by atoms with Gasteiger partial charge in [-0.1, -0.05) is 24.3 Å². The van der Waals surface area contributed by atoms with Crippen LogP contribution in [0.5, 0.6) is 0 Å². The van der Waals surface area contributed by atoms with Crippen molar-refractivity contribution in [1.29, 1.82) is 0 Å². The molecule has 1 aromatic heterocycles. The van der Waals surface area contributed by atoms with Crippen LogP contribution in [0.2, 0.25) is 0 Å². The SMILES string of the molecule is O=C(NCc1ccc(-n2cnc3ccccc32)cc1)Nc1ccc2c(c1)C(=O)NC2=O. The number of hydrogen-bond acceptors (Lipinski definition) is 4. The molecule has 0 aliphatic carbocycles. The predicted molar refractivity (Wildman–Crippen MR) is 115 cm³/mol. The van der Waals surface area contributed by atoms with Gasteiger partial charge in [0, 0.05) is 17.9 Å². The number of anilines is 1. The fraction of sp³-hybridized carbons (Fsp3) is 0.0435. The molecule has 3 aromatic carbocycles. The molecule has 152 valence electrons. The number of nitrogens with one attached hydrogen (secondary N) is 3. The zero-order valence-corrected chi connectivity index (χ0v) is 16.3. The molecule has 0 saturated heterocycles. The van der Waals surface area contributed by atoms with Gasteiger partial charge in [0.25, 0.3) is 11.8 Å². The third-order valence-corrected chi connectivity index (χ3v) is 5.11. The molecule has 4 aromatic rings. The number of para-hydroxylation sites is 2. The van der Waals surface area contributed by atoms with E-state index in [1.165, 1.54) is 12.1 Å². The molecule has 8 heteroatoms. The second kappa shape index (κ2) is 7.42. The second-order valence-electron chi connectivity index (χ2n) is 7.12. The van der Waals surface area contributed by atoms with Crippen LogP contribution in [-0.2, 0) is 6.54 Å². The highest BCUT2D eigenvalue weighted by atomic mass is 16.2. The molecule has 4 amide bonds. The molecule has 8 nitrogen and oxygen atoms in total. The van der Waals surface area contributed by atoms with Gasteiger partial charge in [-0.3, -0.25) is 19.5 Å². The standard InChI is InChI=1S/C23H17N5O3/c29-21-17-10-7-15(11-18(17)22(30)27-21)26-23(31)24-12-14-5-8-16(9-6-14)28-13-25-19-3-1-2-4-20(19)28/h1-11,13H,12H2,(H2,24,26,31)(H,27,29,30). The lowest BCUT2D eigenvalue weighted by Gasteiger charge is -2.09. The Kier molecular flexibility index (Phi) is 4.44. The third-order valence-electron chi connectivity index (χ3n) is 5.11. The lowest BCUT2D eigenvalue weighted by molar-refractivity contribution is 0.0879. The average molecular weight is 411 g/mol. The Morgan fingerprint density at radius 1 is 0.935 bits per heavy atom. The third kappa shape index (κ3) is 3.51. The van der Waals surface area contributed by atoms with Crippen LogP contribution in [0.15, 0.2) is 73.1 Å². The van der Waals surface area contributed by atoms with Crippen molar-refractivity contribution in [1.82, 2.24) is 20.2 Å². The molecule has 0 fully saturated rings. The first-order valence-corrected chi connectivity index (χ1v) is 9.64. The van der Waals surface area contributed by atoms with Crippen LogP contribution in [0.4, 0.5) is 10.5 Å². The fourth-order valence-electron chi connectivity index (χ4n) is 3.54. The van der Waals surface area contributed by atoms with E-state index in [0.29, 0.717) is 17.8 Å². The highest BCUT2D eigenvalue weighted by molar-refractivity contribution is 6.22. The summed E-state index contributed by atoms with van der Waals surface area (Å²) in [7, 11) is 0. The minimum atomic E-state index is -0.463. The lowest BCUT2D eigenvalue weighted by atomic mass is 10.1. The summed E-state index contributed by atoms with van der Waals surface area (Å²) in [5, 5.41) is 7.68.